The van der Waals surface area contributed by atoms with Gasteiger partial charge in [-0.1, -0.05) is 6.07 Å². The van der Waals surface area contributed by atoms with Gasteiger partial charge in [-0.2, -0.15) is 0 Å². The van der Waals surface area contributed by atoms with Crippen LogP contribution in [0.3, 0.4) is 0 Å². The smallest absolute Gasteiger partial charge is 0.259 e. The van der Waals surface area contributed by atoms with Crippen molar-refractivity contribution in [3.8, 4) is 5.69 Å². The topological polar surface area (TPSA) is 47.8 Å². The third-order valence-electron chi connectivity index (χ3n) is 4.81. The monoisotopic (exact) mass is 387 g/mol. The van der Waals surface area contributed by atoms with E-state index in [1.807, 2.05) is 73.2 Å². The largest absolute Gasteiger partial charge is 0.269 e. The molecule has 0 saturated carbocycles. The van der Waals surface area contributed by atoms with Gasteiger partial charge in [0.1, 0.15) is 5.65 Å². The van der Waals surface area contributed by atoms with Crippen LogP contribution < -0.4 is 5.56 Å². The Morgan fingerprint density at radius 3 is 2.64 bits per heavy atom. The maximum atomic E-state index is 13.3. The Hall–Kier alpha value is -2.92. The molecule has 4 rings (SSSR count). The van der Waals surface area contributed by atoms with Crippen molar-refractivity contribution in [3.05, 3.63) is 94.7 Å². The summed E-state index contributed by atoms with van der Waals surface area (Å²) in [6.07, 6.45) is 9.96. The number of aromatic nitrogens is 3. The first-order valence-corrected chi connectivity index (χ1v) is 10.5. The Morgan fingerprint density at radius 1 is 0.964 bits per heavy atom. The molecule has 0 bridgehead atoms. The molecule has 28 heavy (non-hydrogen) atoms. The van der Waals surface area contributed by atoms with Crippen LogP contribution >= 0.6 is 11.8 Å². The summed E-state index contributed by atoms with van der Waals surface area (Å²) in [4.78, 5) is 23.0. The molecule has 0 aliphatic heterocycles. The molecule has 0 amide bonds. The minimum absolute atomic E-state index is 0.0131. The van der Waals surface area contributed by atoms with Crippen LogP contribution in [-0.4, -0.2) is 20.8 Å². The molecule has 0 aliphatic rings. The number of fused-ring (bicyclic) bond motifs is 1. The van der Waals surface area contributed by atoms with Gasteiger partial charge in [-0.15, -0.1) is 11.8 Å². The predicted molar refractivity (Wildman–Crippen MR) is 115 cm³/mol. The van der Waals surface area contributed by atoms with Crippen molar-refractivity contribution in [2.75, 3.05) is 6.26 Å². The van der Waals surface area contributed by atoms with Gasteiger partial charge in [-0.3, -0.25) is 14.3 Å². The van der Waals surface area contributed by atoms with Crippen molar-refractivity contribution in [1.82, 2.24) is 14.5 Å². The Morgan fingerprint density at radius 2 is 1.82 bits per heavy atom. The van der Waals surface area contributed by atoms with E-state index >= 15 is 0 Å². The number of hydrogen-bond acceptors (Lipinski definition) is 4. The number of benzene rings is 1. The molecule has 3 aromatic heterocycles. The molecule has 0 aliphatic carbocycles. The fourth-order valence-electron chi connectivity index (χ4n) is 3.40. The highest BCUT2D eigenvalue weighted by Crippen LogP contribution is 2.21. The highest BCUT2D eigenvalue weighted by Gasteiger charge is 2.12. The van der Waals surface area contributed by atoms with Crippen LogP contribution in [0, 0.1) is 0 Å². The summed E-state index contributed by atoms with van der Waals surface area (Å²) in [5, 5.41) is 0.982. The van der Waals surface area contributed by atoms with Crippen LogP contribution in [0.4, 0.5) is 0 Å². The molecule has 5 heteroatoms. The average Bonchev–Trinajstić information content (AvgIpc) is 2.75. The van der Waals surface area contributed by atoms with Crippen molar-refractivity contribution in [2.24, 2.45) is 0 Å². The van der Waals surface area contributed by atoms with E-state index in [9.17, 15) is 4.79 Å². The highest BCUT2D eigenvalue weighted by atomic mass is 32.2. The first-order valence-electron chi connectivity index (χ1n) is 9.29. The third-order valence-corrected chi connectivity index (χ3v) is 5.53. The van der Waals surface area contributed by atoms with Gasteiger partial charge in [-0.05, 0) is 79.6 Å². The maximum Gasteiger partial charge on any atom is 0.259 e. The Labute approximate surface area is 168 Å². The molecule has 0 spiro atoms. The van der Waals surface area contributed by atoms with Crippen molar-refractivity contribution < 1.29 is 0 Å². The van der Waals surface area contributed by atoms with Crippen LogP contribution in [0.1, 0.15) is 17.5 Å². The number of thioether (sulfide) groups is 1. The summed E-state index contributed by atoms with van der Waals surface area (Å²) in [5.74, 6) is 0. The van der Waals surface area contributed by atoms with Gasteiger partial charge in [0.2, 0.25) is 0 Å². The Kier molecular flexibility index (Phi) is 5.53. The number of aryl methyl sites for hydroxylation is 2. The summed E-state index contributed by atoms with van der Waals surface area (Å²) in [5.41, 5.74) is 3.63. The zero-order valence-electron chi connectivity index (χ0n) is 15.7. The van der Waals surface area contributed by atoms with E-state index in [0.717, 1.165) is 40.8 Å². The third kappa shape index (κ3) is 3.85. The lowest BCUT2D eigenvalue weighted by Crippen LogP contribution is -2.23. The normalized spacial score (nSPS) is 11.0. The van der Waals surface area contributed by atoms with Crippen LogP contribution in [-0.2, 0) is 12.8 Å². The van der Waals surface area contributed by atoms with Crippen LogP contribution in [0.2, 0.25) is 0 Å². The molecule has 0 fully saturated rings. The fraction of sp³-hybridized carbons (Fsp3) is 0.174. The van der Waals surface area contributed by atoms with Crippen LogP contribution in [0.5, 0.6) is 0 Å². The van der Waals surface area contributed by atoms with Crippen molar-refractivity contribution >= 4 is 22.8 Å². The molecule has 4 aromatic rings. The van der Waals surface area contributed by atoms with Gasteiger partial charge in [-0.25, -0.2) is 4.98 Å². The SMILES string of the molecule is CSc1cccc(-n2c(=O)c(CCCc3ccncc3)cc3cccnc32)c1. The standard InChI is InChI=1S/C23H21N3OS/c1-28-21-9-3-8-20(16-21)26-22-18(7-4-12-25-22)15-19(23(26)27)6-2-5-17-10-13-24-14-11-17/h3-4,7-16H,2,5-6H2,1H3. The molecule has 0 radical (unpaired) electrons. The van der Waals surface area contributed by atoms with Crippen LogP contribution in [0.15, 0.2) is 82.9 Å². The highest BCUT2D eigenvalue weighted by molar-refractivity contribution is 7.98. The van der Waals surface area contributed by atoms with E-state index in [1.54, 1.807) is 22.5 Å². The molecule has 0 atom stereocenters. The lowest BCUT2D eigenvalue weighted by Gasteiger charge is -2.13. The lowest BCUT2D eigenvalue weighted by molar-refractivity contribution is 0.802. The minimum atomic E-state index is 0.0131. The Bertz CT molecular complexity index is 1160. The average molecular weight is 388 g/mol. The summed E-state index contributed by atoms with van der Waals surface area (Å²) in [7, 11) is 0. The van der Waals surface area contributed by atoms with Gasteiger partial charge in [0.25, 0.3) is 5.56 Å². The van der Waals surface area contributed by atoms with Crippen molar-refractivity contribution in [2.45, 2.75) is 24.2 Å². The fourth-order valence-corrected chi connectivity index (χ4v) is 3.85. The van der Waals surface area contributed by atoms with E-state index in [-0.39, 0.29) is 5.56 Å². The first kappa shape index (κ1) is 18.4. The second-order valence-corrected chi connectivity index (χ2v) is 7.52. The summed E-state index contributed by atoms with van der Waals surface area (Å²) in [6, 6.07) is 18.0. The molecular formula is C23H21N3OS. The maximum absolute atomic E-state index is 13.3. The quantitative estimate of drug-likeness (QED) is 0.451. The van der Waals surface area contributed by atoms with Gasteiger partial charge in [0, 0.05) is 34.4 Å². The minimum Gasteiger partial charge on any atom is -0.269 e. The van der Waals surface area contributed by atoms with Gasteiger partial charge in [0.05, 0.1) is 5.69 Å². The molecule has 1 aromatic carbocycles. The van der Waals surface area contributed by atoms with E-state index in [0.29, 0.717) is 5.65 Å². The molecule has 3 heterocycles. The number of pyridine rings is 3. The summed E-state index contributed by atoms with van der Waals surface area (Å²) < 4.78 is 1.75. The summed E-state index contributed by atoms with van der Waals surface area (Å²) in [6.45, 7) is 0. The Balaban J connectivity index is 1.73. The van der Waals surface area contributed by atoms with E-state index in [4.69, 9.17) is 0 Å². The van der Waals surface area contributed by atoms with Crippen molar-refractivity contribution in [1.29, 1.82) is 0 Å². The van der Waals surface area contributed by atoms with Gasteiger partial charge in [0.15, 0.2) is 0 Å². The molecular weight excluding hydrogens is 366 g/mol. The van der Waals surface area contributed by atoms with E-state index in [1.165, 1.54) is 5.56 Å². The number of rotatable bonds is 6. The van der Waals surface area contributed by atoms with E-state index in [2.05, 4.69) is 9.97 Å². The molecule has 140 valence electrons. The number of nitrogens with zero attached hydrogens (tertiary/aromatic N) is 3. The second-order valence-electron chi connectivity index (χ2n) is 6.64. The van der Waals surface area contributed by atoms with Crippen molar-refractivity contribution in [3.63, 3.8) is 0 Å². The lowest BCUT2D eigenvalue weighted by atomic mass is 10.0. The number of hydrogen-bond donors (Lipinski definition) is 0. The summed E-state index contributed by atoms with van der Waals surface area (Å²) >= 11 is 1.66. The van der Waals surface area contributed by atoms with Crippen LogP contribution in [0.25, 0.3) is 16.7 Å². The first-order chi connectivity index (χ1) is 13.8. The zero-order valence-corrected chi connectivity index (χ0v) is 16.5. The van der Waals surface area contributed by atoms with Gasteiger partial charge >= 0.3 is 0 Å². The molecule has 0 unspecified atom stereocenters. The molecule has 0 N–H and O–H groups in total. The zero-order chi connectivity index (χ0) is 19.3. The van der Waals surface area contributed by atoms with E-state index < -0.39 is 0 Å². The predicted octanol–water partition coefficient (Wildman–Crippen LogP) is 4.68. The van der Waals surface area contributed by atoms with Gasteiger partial charge < -0.3 is 0 Å². The molecule has 0 saturated heterocycles. The second kappa shape index (κ2) is 8.40. The molecule has 4 nitrogen and oxygen atoms in total.